The molecule has 1 aromatic rings. The van der Waals surface area contributed by atoms with Crippen LogP contribution in [0.4, 0.5) is 0 Å². The van der Waals surface area contributed by atoms with Gasteiger partial charge in [0.05, 0.1) is 0 Å². The zero-order chi connectivity index (χ0) is 14.8. The molecule has 0 bridgehead atoms. The zero-order valence-corrected chi connectivity index (χ0v) is 14.2. The molecular formula is C17H24BrNO. The zero-order valence-electron chi connectivity index (χ0n) is 12.6. The summed E-state index contributed by atoms with van der Waals surface area (Å²) < 4.78 is 0. The summed E-state index contributed by atoms with van der Waals surface area (Å²) in [4.78, 5) is 12.8. The lowest BCUT2D eigenvalue weighted by Gasteiger charge is -2.19. The van der Waals surface area contributed by atoms with Gasteiger partial charge in [0, 0.05) is 16.9 Å². The summed E-state index contributed by atoms with van der Waals surface area (Å²) in [6.45, 7) is 7.33. The normalized spacial score (nSPS) is 22.8. The molecular weight excluding hydrogens is 314 g/mol. The maximum absolute atomic E-state index is 12.1. The van der Waals surface area contributed by atoms with Gasteiger partial charge in [-0.3, -0.25) is 4.79 Å². The molecule has 2 nitrogen and oxygen atoms in total. The highest BCUT2D eigenvalue weighted by Crippen LogP contribution is 2.30. The summed E-state index contributed by atoms with van der Waals surface area (Å²) in [5.74, 6) is 0.667. The Morgan fingerprint density at radius 1 is 1.25 bits per heavy atom. The van der Waals surface area contributed by atoms with Crippen molar-refractivity contribution in [3.05, 3.63) is 35.4 Å². The van der Waals surface area contributed by atoms with Crippen molar-refractivity contribution in [2.24, 2.45) is 5.92 Å². The van der Waals surface area contributed by atoms with E-state index in [9.17, 15) is 4.79 Å². The summed E-state index contributed by atoms with van der Waals surface area (Å²) in [6, 6.07) is 7.97. The fourth-order valence-electron chi connectivity index (χ4n) is 2.66. The van der Waals surface area contributed by atoms with Crippen molar-refractivity contribution in [2.75, 3.05) is 6.54 Å². The van der Waals surface area contributed by atoms with E-state index < -0.39 is 0 Å². The van der Waals surface area contributed by atoms with Gasteiger partial charge in [-0.1, -0.05) is 48.8 Å². The van der Waals surface area contributed by atoms with Crippen molar-refractivity contribution in [3.63, 3.8) is 0 Å². The second kappa shape index (κ2) is 6.30. The van der Waals surface area contributed by atoms with Crippen LogP contribution in [0.2, 0.25) is 0 Å². The van der Waals surface area contributed by atoms with Crippen LogP contribution in [0.5, 0.6) is 0 Å². The van der Waals surface area contributed by atoms with Gasteiger partial charge in [-0.05, 0) is 48.3 Å². The third kappa shape index (κ3) is 4.08. The Labute approximate surface area is 130 Å². The fraction of sp³-hybridized carbons (Fsp3) is 0.588. The van der Waals surface area contributed by atoms with Gasteiger partial charge in [0.15, 0.2) is 0 Å². The van der Waals surface area contributed by atoms with Crippen LogP contribution in [0.3, 0.4) is 0 Å². The number of amides is 1. The first-order chi connectivity index (χ1) is 9.36. The molecule has 1 aliphatic carbocycles. The molecule has 20 heavy (non-hydrogen) atoms. The molecule has 110 valence electrons. The first-order valence-corrected chi connectivity index (χ1v) is 8.30. The van der Waals surface area contributed by atoms with E-state index >= 15 is 0 Å². The number of hydrogen-bond donors (Lipinski definition) is 1. The molecule has 0 saturated heterocycles. The summed E-state index contributed by atoms with van der Waals surface area (Å²) in [5.41, 5.74) is 2.14. The van der Waals surface area contributed by atoms with Gasteiger partial charge in [0.25, 0.3) is 5.91 Å². The smallest absolute Gasteiger partial charge is 0.251 e. The highest BCUT2D eigenvalue weighted by molar-refractivity contribution is 9.09. The standard InChI is InChI=1S/C17H24BrNO/c1-17(2,3)14-7-5-13(6-8-14)16(20)19-11-12-4-9-15(18)10-12/h5-8,12,15H,4,9-11H2,1-3H3,(H,19,20). The van der Waals surface area contributed by atoms with Crippen LogP contribution in [0.25, 0.3) is 0 Å². The Morgan fingerprint density at radius 3 is 2.40 bits per heavy atom. The molecule has 2 rings (SSSR count). The molecule has 1 amide bonds. The minimum absolute atomic E-state index is 0.0449. The SMILES string of the molecule is CC(C)(C)c1ccc(C(=O)NCC2CCC(Br)C2)cc1. The van der Waals surface area contributed by atoms with Crippen LogP contribution < -0.4 is 5.32 Å². The van der Waals surface area contributed by atoms with Crippen LogP contribution in [0, 0.1) is 5.92 Å². The lowest BCUT2D eigenvalue weighted by atomic mass is 9.87. The highest BCUT2D eigenvalue weighted by atomic mass is 79.9. The third-order valence-corrected chi connectivity index (χ3v) is 4.87. The second-order valence-electron chi connectivity index (χ2n) is 6.81. The lowest BCUT2D eigenvalue weighted by molar-refractivity contribution is 0.0947. The fourth-order valence-corrected chi connectivity index (χ4v) is 3.45. The van der Waals surface area contributed by atoms with E-state index in [1.54, 1.807) is 0 Å². The summed E-state index contributed by atoms with van der Waals surface area (Å²) >= 11 is 3.64. The predicted octanol–water partition coefficient (Wildman–Crippen LogP) is 4.28. The topological polar surface area (TPSA) is 29.1 Å². The Hall–Kier alpha value is -0.830. The molecule has 0 heterocycles. The quantitative estimate of drug-likeness (QED) is 0.819. The predicted molar refractivity (Wildman–Crippen MR) is 87.5 cm³/mol. The Bertz CT molecular complexity index is 461. The van der Waals surface area contributed by atoms with E-state index in [0.29, 0.717) is 10.7 Å². The number of nitrogens with one attached hydrogen (secondary N) is 1. The molecule has 3 heteroatoms. The van der Waals surface area contributed by atoms with Crippen LogP contribution in [0.1, 0.15) is 56.0 Å². The summed E-state index contributed by atoms with van der Waals surface area (Å²) in [5, 5.41) is 3.06. The second-order valence-corrected chi connectivity index (χ2v) is 8.11. The largest absolute Gasteiger partial charge is 0.352 e. The van der Waals surface area contributed by atoms with E-state index in [4.69, 9.17) is 0 Å². The van der Waals surface area contributed by atoms with Crippen molar-refractivity contribution >= 4 is 21.8 Å². The molecule has 0 aliphatic heterocycles. The minimum atomic E-state index is 0.0449. The van der Waals surface area contributed by atoms with Gasteiger partial charge in [-0.25, -0.2) is 0 Å². The van der Waals surface area contributed by atoms with Crippen molar-refractivity contribution in [1.82, 2.24) is 5.32 Å². The van der Waals surface area contributed by atoms with Crippen LogP contribution >= 0.6 is 15.9 Å². The van der Waals surface area contributed by atoms with Crippen molar-refractivity contribution < 1.29 is 4.79 Å². The molecule has 1 aromatic carbocycles. The molecule has 2 atom stereocenters. The van der Waals surface area contributed by atoms with E-state index in [1.807, 2.05) is 12.1 Å². The van der Waals surface area contributed by atoms with E-state index in [-0.39, 0.29) is 11.3 Å². The molecule has 1 aliphatic rings. The maximum Gasteiger partial charge on any atom is 0.251 e. The highest BCUT2D eigenvalue weighted by Gasteiger charge is 2.23. The average molecular weight is 338 g/mol. The number of benzene rings is 1. The number of alkyl halides is 1. The average Bonchev–Trinajstić information content (AvgIpc) is 2.81. The van der Waals surface area contributed by atoms with E-state index in [0.717, 1.165) is 12.1 Å². The lowest BCUT2D eigenvalue weighted by Crippen LogP contribution is -2.28. The van der Waals surface area contributed by atoms with Gasteiger partial charge in [0.1, 0.15) is 0 Å². The van der Waals surface area contributed by atoms with E-state index in [1.165, 1.54) is 24.8 Å². The van der Waals surface area contributed by atoms with E-state index in [2.05, 4.69) is 54.2 Å². The molecule has 1 saturated carbocycles. The minimum Gasteiger partial charge on any atom is -0.352 e. The van der Waals surface area contributed by atoms with Crippen molar-refractivity contribution in [2.45, 2.75) is 50.3 Å². The molecule has 0 radical (unpaired) electrons. The van der Waals surface area contributed by atoms with Crippen molar-refractivity contribution in [1.29, 1.82) is 0 Å². The third-order valence-electron chi connectivity index (χ3n) is 4.04. The molecule has 2 unspecified atom stereocenters. The van der Waals surface area contributed by atoms with Gasteiger partial charge in [0.2, 0.25) is 0 Å². The molecule has 0 aromatic heterocycles. The Balaban J connectivity index is 1.89. The first-order valence-electron chi connectivity index (χ1n) is 7.39. The Morgan fingerprint density at radius 2 is 1.90 bits per heavy atom. The monoisotopic (exact) mass is 337 g/mol. The van der Waals surface area contributed by atoms with Crippen LogP contribution in [0.15, 0.2) is 24.3 Å². The van der Waals surface area contributed by atoms with Gasteiger partial charge < -0.3 is 5.32 Å². The van der Waals surface area contributed by atoms with Crippen molar-refractivity contribution in [3.8, 4) is 0 Å². The summed E-state index contributed by atoms with van der Waals surface area (Å²) in [7, 11) is 0. The van der Waals surface area contributed by atoms with Gasteiger partial charge in [-0.15, -0.1) is 0 Å². The molecule has 0 spiro atoms. The molecule has 1 N–H and O–H groups in total. The summed E-state index contributed by atoms with van der Waals surface area (Å²) in [6.07, 6.45) is 3.60. The van der Waals surface area contributed by atoms with Crippen LogP contribution in [-0.2, 0) is 5.41 Å². The number of hydrogen-bond acceptors (Lipinski definition) is 1. The van der Waals surface area contributed by atoms with Gasteiger partial charge in [-0.2, -0.15) is 0 Å². The Kier molecular flexibility index (Phi) is 4.90. The first kappa shape index (κ1) is 15.6. The van der Waals surface area contributed by atoms with Gasteiger partial charge >= 0.3 is 0 Å². The number of carbonyl (C=O) groups excluding carboxylic acids is 1. The number of rotatable bonds is 3. The number of halogens is 1. The molecule has 1 fully saturated rings. The van der Waals surface area contributed by atoms with Crippen LogP contribution in [-0.4, -0.2) is 17.3 Å². The number of carbonyl (C=O) groups is 1. The maximum atomic E-state index is 12.1.